The number of hydrogen-bond donors (Lipinski definition) is 0. The first kappa shape index (κ1) is 14.5. The molecule has 0 aliphatic carbocycles. The van der Waals surface area contributed by atoms with Gasteiger partial charge >= 0.3 is 6.18 Å². The van der Waals surface area contributed by atoms with Crippen LogP contribution in [0.5, 0.6) is 0 Å². The van der Waals surface area contributed by atoms with Crippen molar-refractivity contribution in [3.8, 4) is 0 Å². The molecule has 0 amide bonds. The molecule has 96 valence electrons. The number of aromatic nitrogens is 1. The van der Waals surface area contributed by atoms with Crippen LogP contribution in [-0.2, 0) is 6.42 Å². The minimum absolute atomic E-state index is 0.0462. The van der Waals surface area contributed by atoms with E-state index in [1.165, 1.54) is 13.8 Å². The molecule has 1 nitrogen and oxygen atoms in total. The van der Waals surface area contributed by atoms with Gasteiger partial charge < -0.3 is 0 Å². The third kappa shape index (κ3) is 3.69. The molecule has 0 N–H and O–H groups in total. The predicted molar refractivity (Wildman–Crippen MR) is 64.8 cm³/mol. The molecular formula is C12H15BrF3N. The quantitative estimate of drug-likeness (QED) is 0.790. The molecule has 17 heavy (non-hydrogen) atoms. The predicted octanol–water partition coefficient (Wildman–Crippen LogP) is 4.67. The highest BCUT2D eigenvalue weighted by Gasteiger charge is 2.46. The highest BCUT2D eigenvalue weighted by atomic mass is 79.9. The molecule has 0 saturated carbocycles. The summed E-state index contributed by atoms with van der Waals surface area (Å²) < 4.78 is 38.8. The van der Waals surface area contributed by atoms with E-state index in [4.69, 9.17) is 0 Å². The molecule has 0 spiro atoms. The summed E-state index contributed by atoms with van der Waals surface area (Å²) in [7, 11) is 0. The van der Waals surface area contributed by atoms with E-state index >= 15 is 0 Å². The van der Waals surface area contributed by atoms with Crippen LogP contribution >= 0.6 is 15.9 Å². The summed E-state index contributed by atoms with van der Waals surface area (Å²) in [6, 6.07) is 1.82. The fourth-order valence-electron chi connectivity index (χ4n) is 1.32. The molecule has 0 atom stereocenters. The first-order valence-electron chi connectivity index (χ1n) is 5.31. The van der Waals surface area contributed by atoms with Gasteiger partial charge in [-0.05, 0) is 47.3 Å². The van der Waals surface area contributed by atoms with Crippen LogP contribution in [0.2, 0.25) is 0 Å². The van der Waals surface area contributed by atoms with Gasteiger partial charge in [0.15, 0.2) is 0 Å². The van der Waals surface area contributed by atoms with E-state index in [1.54, 1.807) is 6.20 Å². The summed E-state index contributed by atoms with van der Waals surface area (Å²) in [5.74, 6) is 0. The minimum Gasteiger partial charge on any atom is -0.260 e. The SMILES string of the molecule is Cc1cc(CCC(C)(C)C(F)(F)F)ncc1Br. The molecule has 5 heteroatoms. The number of rotatable bonds is 3. The van der Waals surface area contributed by atoms with Crippen LogP contribution < -0.4 is 0 Å². The molecule has 1 rings (SSSR count). The minimum atomic E-state index is -4.17. The highest BCUT2D eigenvalue weighted by Crippen LogP contribution is 2.40. The third-order valence-corrected chi connectivity index (χ3v) is 3.71. The molecule has 0 aromatic carbocycles. The van der Waals surface area contributed by atoms with E-state index in [2.05, 4.69) is 20.9 Å². The van der Waals surface area contributed by atoms with Crippen LogP contribution in [0.25, 0.3) is 0 Å². The van der Waals surface area contributed by atoms with Crippen LogP contribution in [0.1, 0.15) is 31.5 Å². The fourth-order valence-corrected chi connectivity index (χ4v) is 1.53. The zero-order chi connectivity index (χ0) is 13.3. The van der Waals surface area contributed by atoms with Crippen molar-refractivity contribution in [1.82, 2.24) is 4.98 Å². The molecule has 1 aromatic heterocycles. The smallest absolute Gasteiger partial charge is 0.260 e. The van der Waals surface area contributed by atoms with Crippen LogP contribution in [0.3, 0.4) is 0 Å². The van der Waals surface area contributed by atoms with Crippen LogP contribution in [0.4, 0.5) is 13.2 Å². The van der Waals surface area contributed by atoms with E-state index in [0.717, 1.165) is 10.0 Å². The van der Waals surface area contributed by atoms with Gasteiger partial charge in [0.25, 0.3) is 0 Å². The summed E-state index contributed by atoms with van der Waals surface area (Å²) >= 11 is 3.31. The Morgan fingerprint density at radius 2 is 1.88 bits per heavy atom. The van der Waals surface area contributed by atoms with Gasteiger partial charge in [0.1, 0.15) is 0 Å². The van der Waals surface area contributed by atoms with E-state index in [0.29, 0.717) is 12.1 Å². The number of hydrogen-bond acceptors (Lipinski definition) is 1. The van der Waals surface area contributed by atoms with Gasteiger partial charge in [-0.15, -0.1) is 0 Å². The van der Waals surface area contributed by atoms with Gasteiger partial charge in [0.05, 0.1) is 5.41 Å². The zero-order valence-corrected chi connectivity index (χ0v) is 11.6. The zero-order valence-electron chi connectivity index (χ0n) is 10.0. The molecule has 0 saturated heterocycles. The van der Waals surface area contributed by atoms with E-state index < -0.39 is 11.6 Å². The fraction of sp³-hybridized carbons (Fsp3) is 0.583. The second-order valence-electron chi connectivity index (χ2n) is 4.81. The van der Waals surface area contributed by atoms with Crippen molar-refractivity contribution in [2.45, 2.75) is 39.8 Å². The molecule has 0 radical (unpaired) electrons. The third-order valence-electron chi connectivity index (χ3n) is 2.88. The Morgan fingerprint density at radius 1 is 1.29 bits per heavy atom. The number of pyridine rings is 1. The van der Waals surface area contributed by atoms with Gasteiger partial charge in [-0.3, -0.25) is 4.98 Å². The Hall–Kier alpha value is -0.580. The molecule has 1 aromatic rings. The van der Waals surface area contributed by atoms with Gasteiger partial charge in [0, 0.05) is 16.4 Å². The number of halogens is 4. The Labute approximate surface area is 108 Å². The first-order chi connectivity index (χ1) is 7.63. The van der Waals surface area contributed by atoms with Crippen LogP contribution in [-0.4, -0.2) is 11.2 Å². The molecule has 0 unspecified atom stereocenters. The number of aryl methyl sites for hydroxylation is 2. The first-order valence-corrected chi connectivity index (χ1v) is 6.10. The molecular weight excluding hydrogens is 295 g/mol. The average Bonchev–Trinajstić information content (AvgIpc) is 2.18. The Balaban J connectivity index is 2.71. The van der Waals surface area contributed by atoms with Crippen molar-refractivity contribution in [2.24, 2.45) is 5.41 Å². The molecule has 0 aliphatic rings. The largest absolute Gasteiger partial charge is 0.393 e. The van der Waals surface area contributed by atoms with E-state index in [-0.39, 0.29) is 6.42 Å². The van der Waals surface area contributed by atoms with E-state index in [1.807, 2.05) is 13.0 Å². The summed E-state index contributed by atoms with van der Waals surface area (Å²) in [6.07, 6.45) is -2.16. The van der Waals surface area contributed by atoms with Crippen molar-refractivity contribution in [3.05, 3.63) is 28.0 Å². The lowest BCUT2D eigenvalue weighted by Crippen LogP contribution is -2.32. The van der Waals surface area contributed by atoms with Crippen molar-refractivity contribution in [2.75, 3.05) is 0 Å². The summed E-state index contributed by atoms with van der Waals surface area (Å²) in [4.78, 5) is 4.11. The van der Waals surface area contributed by atoms with Gasteiger partial charge in [-0.1, -0.05) is 13.8 Å². The Kier molecular flexibility index (Phi) is 4.23. The molecule has 0 bridgehead atoms. The molecule has 0 fully saturated rings. The maximum absolute atomic E-state index is 12.7. The Morgan fingerprint density at radius 3 is 2.35 bits per heavy atom. The Bertz CT molecular complexity index is 399. The second kappa shape index (κ2) is 4.96. The lowest BCUT2D eigenvalue weighted by molar-refractivity contribution is -0.213. The summed E-state index contributed by atoms with van der Waals surface area (Å²) in [6.45, 7) is 4.33. The second-order valence-corrected chi connectivity index (χ2v) is 5.66. The van der Waals surface area contributed by atoms with Gasteiger partial charge in [-0.2, -0.15) is 13.2 Å². The molecule has 1 heterocycles. The average molecular weight is 310 g/mol. The van der Waals surface area contributed by atoms with Crippen LogP contribution in [0, 0.1) is 12.3 Å². The van der Waals surface area contributed by atoms with Gasteiger partial charge in [0.2, 0.25) is 0 Å². The van der Waals surface area contributed by atoms with Crippen molar-refractivity contribution < 1.29 is 13.2 Å². The summed E-state index contributed by atoms with van der Waals surface area (Å²) in [5.41, 5.74) is 0.0122. The van der Waals surface area contributed by atoms with Crippen molar-refractivity contribution >= 4 is 15.9 Å². The maximum atomic E-state index is 12.7. The highest BCUT2D eigenvalue weighted by molar-refractivity contribution is 9.10. The lowest BCUT2D eigenvalue weighted by atomic mass is 9.86. The van der Waals surface area contributed by atoms with Crippen LogP contribution in [0.15, 0.2) is 16.7 Å². The molecule has 0 aliphatic heterocycles. The lowest BCUT2D eigenvalue weighted by Gasteiger charge is -2.27. The topological polar surface area (TPSA) is 12.9 Å². The maximum Gasteiger partial charge on any atom is 0.393 e. The van der Waals surface area contributed by atoms with Crippen molar-refractivity contribution in [3.63, 3.8) is 0 Å². The number of nitrogens with zero attached hydrogens (tertiary/aromatic N) is 1. The standard InChI is InChI=1S/C12H15BrF3N/c1-8-6-9(17-7-10(8)13)4-5-11(2,3)12(14,15)16/h6-7H,4-5H2,1-3H3. The van der Waals surface area contributed by atoms with Crippen molar-refractivity contribution in [1.29, 1.82) is 0 Å². The number of alkyl halides is 3. The van der Waals surface area contributed by atoms with E-state index in [9.17, 15) is 13.2 Å². The monoisotopic (exact) mass is 309 g/mol. The normalized spacial score (nSPS) is 12.9. The summed E-state index contributed by atoms with van der Waals surface area (Å²) in [5, 5.41) is 0. The van der Waals surface area contributed by atoms with Gasteiger partial charge in [-0.25, -0.2) is 0 Å².